The molecule has 0 radical (unpaired) electrons. The van der Waals surface area contributed by atoms with Crippen LogP contribution in [0.15, 0.2) is 0 Å². The predicted molar refractivity (Wildman–Crippen MR) is 58.2 cm³/mol. The van der Waals surface area contributed by atoms with Crippen LogP contribution >= 0.6 is 0 Å². The minimum Gasteiger partial charge on any atom is -0.477 e. The second kappa shape index (κ2) is 6.15. The number of alkyl halides is 6. The summed E-state index contributed by atoms with van der Waals surface area (Å²) in [4.78, 5) is 21.2. The number of ether oxygens (including phenoxy) is 1. The summed E-state index contributed by atoms with van der Waals surface area (Å²) >= 11 is 0. The Morgan fingerprint density at radius 3 is 1.70 bits per heavy atom. The summed E-state index contributed by atoms with van der Waals surface area (Å²) in [6.07, 6.45) is -5.27. The Morgan fingerprint density at radius 2 is 1.30 bits per heavy atom. The van der Waals surface area contributed by atoms with Crippen molar-refractivity contribution < 1.29 is 56.0 Å². The van der Waals surface area contributed by atoms with Crippen LogP contribution in [0.4, 0.5) is 26.3 Å². The van der Waals surface area contributed by atoms with E-state index in [1.807, 2.05) is 0 Å². The summed E-state index contributed by atoms with van der Waals surface area (Å²) in [6, 6.07) is 0. The molecule has 0 saturated heterocycles. The average Bonchev–Trinajstić information content (AvgIpc) is 2.36. The van der Waals surface area contributed by atoms with Crippen molar-refractivity contribution in [2.45, 2.75) is 55.3 Å². The van der Waals surface area contributed by atoms with Crippen molar-refractivity contribution >= 4 is 11.9 Å². The number of carbonyl (C=O) groups excluding carboxylic acids is 1. The van der Waals surface area contributed by atoms with Gasteiger partial charge in [-0.25, -0.2) is 9.59 Å². The van der Waals surface area contributed by atoms with Gasteiger partial charge in [0.1, 0.15) is 6.10 Å². The number of carbonyl (C=O) groups is 2. The van der Waals surface area contributed by atoms with Gasteiger partial charge in [-0.15, -0.1) is 0 Å². The third-order valence-electron chi connectivity index (χ3n) is 3.20. The van der Waals surface area contributed by atoms with E-state index in [9.17, 15) is 46.1 Å². The van der Waals surface area contributed by atoms with Crippen LogP contribution in [0.2, 0.25) is 0 Å². The summed E-state index contributed by atoms with van der Waals surface area (Å²) in [5.41, 5.74) is 0. The van der Waals surface area contributed by atoms with Crippen molar-refractivity contribution in [1.29, 1.82) is 0 Å². The Kier molecular flexibility index (Phi) is 5.21. The number of hydrogen-bond donors (Lipinski definition) is 3. The molecule has 0 aromatic rings. The number of aliphatic carboxylic acids is 1. The second-order valence-electron chi connectivity index (χ2n) is 5.07. The number of esters is 1. The van der Waals surface area contributed by atoms with Gasteiger partial charge in [-0.3, -0.25) is 0 Å². The van der Waals surface area contributed by atoms with Crippen LogP contribution < -0.4 is 0 Å². The number of rotatable bonds is 5. The molecule has 1 saturated carbocycles. The first-order chi connectivity index (χ1) is 10.2. The van der Waals surface area contributed by atoms with Crippen molar-refractivity contribution in [2.75, 3.05) is 0 Å². The molecule has 134 valence electrons. The van der Waals surface area contributed by atoms with Gasteiger partial charge in [0.05, 0.1) is 12.2 Å². The highest BCUT2D eigenvalue weighted by Gasteiger charge is 2.79. The highest BCUT2D eigenvalue weighted by Crippen LogP contribution is 2.46. The Labute approximate surface area is 124 Å². The number of hydrogen-bond acceptors (Lipinski definition) is 5. The topological polar surface area (TPSA) is 104 Å². The molecule has 0 heterocycles. The zero-order valence-corrected chi connectivity index (χ0v) is 11.2. The van der Waals surface area contributed by atoms with E-state index in [1.165, 1.54) is 0 Å². The maximum Gasteiger partial charge on any atom is 0.411 e. The van der Waals surface area contributed by atoms with Crippen LogP contribution in [0.3, 0.4) is 0 Å². The lowest BCUT2D eigenvalue weighted by atomic mass is 9.92. The van der Waals surface area contributed by atoms with Crippen LogP contribution in [0.5, 0.6) is 0 Å². The molecular formula is C11H12F6O6. The zero-order chi connectivity index (χ0) is 18.2. The molecule has 0 aromatic carbocycles. The fourth-order valence-electron chi connectivity index (χ4n) is 1.99. The Balaban J connectivity index is 2.94. The maximum atomic E-state index is 13.3. The molecule has 0 aromatic heterocycles. The third kappa shape index (κ3) is 3.52. The van der Waals surface area contributed by atoms with Gasteiger partial charge in [-0.2, -0.15) is 26.3 Å². The molecule has 1 rings (SSSR count). The van der Waals surface area contributed by atoms with Crippen LogP contribution in [-0.4, -0.2) is 63.3 Å². The molecule has 12 heteroatoms. The molecule has 23 heavy (non-hydrogen) atoms. The fraction of sp³-hybridized carbons (Fsp3) is 0.818. The van der Waals surface area contributed by atoms with Crippen LogP contribution in [0, 0.1) is 0 Å². The van der Waals surface area contributed by atoms with E-state index in [2.05, 4.69) is 4.74 Å². The number of carboxylic acids is 1. The first kappa shape index (κ1) is 19.5. The summed E-state index contributed by atoms with van der Waals surface area (Å²) in [5.74, 6) is -25.5. The van der Waals surface area contributed by atoms with Gasteiger partial charge < -0.3 is 20.1 Å². The zero-order valence-electron chi connectivity index (χ0n) is 11.2. The summed E-state index contributed by atoms with van der Waals surface area (Å²) in [7, 11) is 0. The Hall–Kier alpha value is -1.56. The second-order valence-corrected chi connectivity index (χ2v) is 5.07. The average molecular weight is 354 g/mol. The number of aliphatic hydroxyl groups excluding tert-OH is 2. The highest BCUT2D eigenvalue weighted by molar-refractivity contribution is 5.83. The Morgan fingerprint density at radius 1 is 0.870 bits per heavy atom. The maximum absolute atomic E-state index is 13.3. The predicted octanol–water partition coefficient (Wildman–Crippen LogP) is 0.794. The standard InChI is InChI=1S/C11H12F6O6/c12-9(13,7(20)21)11(16,17)10(14,15)8(22)23-6-2-4(18)1-5(19)3-6/h4-6,18-19H,1-3H2,(H,20,21). The molecule has 1 fully saturated rings. The summed E-state index contributed by atoms with van der Waals surface area (Å²) < 4.78 is 82.3. The van der Waals surface area contributed by atoms with Gasteiger partial charge in [0, 0.05) is 12.8 Å². The first-order valence-electron chi connectivity index (χ1n) is 6.17. The molecule has 0 amide bonds. The fourth-order valence-corrected chi connectivity index (χ4v) is 1.99. The van der Waals surface area contributed by atoms with Gasteiger partial charge in [0.2, 0.25) is 0 Å². The van der Waals surface area contributed by atoms with Crippen LogP contribution in [0.1, 0.15) is 19.3 Å². The smallest absolute Gasteiger partial charge is 0.411 e. The lowest BCUT2D eigenvalue weighted by Crippen LogP contribution is -2.61. The Bertz CT molecular complexity index is 472. The molecule has 1 aliphatic carbocycles. The molecule has 2 unspecified atom stereocenters. The number of carboxylic acid groups (broad SMARTS) is 1. The molecule has 3 N–H and O–H groups in total. The van der Waals surface area contributed by atoms with Crippen LogP contribution in [-0.2, 0) is 14.3 Å². The third-order valence-corrected chi connectivity index (χ3v) is 3.20. The van der Waals surface area contributed by atoms with Gasteiger partial charge in [-0.1, -0.05) is 0 Å². The molecule has 0 spiro atoms. The normalized spacial score (nSPS) is 26.7. The van der Waals surface area contributed by atoms with E-state index in [1.54, 1.807) is 0 Å². The largest absolute Gasteiger partial charge is 0.477 e. The van der Waals surface area contributed by atoms with Gasteiger partial charge in [0.25, 0.3) is 0 Å². The minimum absolute atomic E-state index is 0.169. The van der Waals surface area contributed by atoms with Crippen molar-refractivity contribution in [3.05, 3.63) is 0 Å². The van der Waals surface area contributed by atoms with E-state index in [-0.39, 0.29) is 6.42 Å². The van der Waals surface area contributed by atoms with Gasteiger partial charge in [-0.05, 0) is 6.42 Å². The molecule has 2 atom stereocenters. The van der Waals surface area contributed by atoms with E-state index >= 15 is 0 Å². The lowest BCUT2D eigenvalue weighted by molar-refractivity contribution is -0.301. The molecular weight excluding hydrogens is 342 g/mol. The summed E-state index contributed by atoms with van der Waals surface area (Å²) in [6.45, 7) is 0. The lowest BCUT2D eigenvalue weighted by Gasteiger charge is -2.32. The van der Waals surface area contributed by atoms with Gasteiger partial charge >= 0.3 is 29.7 Å². The summed E-state index contributed by atoms with van der Waals surface area (Å²) in [5, 5.41) is 26.4. The molecule has 0 bridgehead atoms. The van der Waals surface area contributed by atoms with Crippen molar-refractivity contribution in [1.82, 2.24) is 0 Å². The number of halogens is 6. The minimum atomic E-state index is -6.55. The van der Waals surface area contributed by atoms with Crippen molar-refractivity contribution in [3.8, 4) is 0 Å². The SMILES string of the molecule is O=C(O)C(F)(F)C(F)(F)C(F)(F)C(=O)OC1CC(O)CC(O)C1. The van der Waals surface area contributed by atoms with Gasteiger partial charge in [0.15, 0.2) is 0 Å². The first-order valence-corrected chi connectivity index (χ1v) is 6.17. The quantitative estimate of drug-likeness (QED) is 0.498. The van der Waals surface area contributed by atoms with Crippen molar-refractivity contribution in [2.24, 2.45) is 0 Å². The van der Waals surface area contributed by atoms with E-state index < -0.39 is 60.9 Å². The van der Waals surface area contributed by atoms with E-state index in [0.29, 0.717) is 0 Å². The molecule has 1 aliphatic rings. The highest BCUT2D eigenvalue weighted by atomic mass is 19.3. The van der Waals surface area contributed by atoms with Crippen LogP contribution in [0.25, 0.3) is 0 Å². The van der Waals surface area contributed by atoms with E-state index in [0.717, 1.165) is 0 Å². The molecule has 6 nitrogen and oxygen atoms in total. The van der Waals surface area contributed by atoms with Crippen molar-refractivity contribution in [3.63, 3.8) is 0 Å². The number of aliphatic hydroxyl groups is 2. The van der Waals surface area contributed by atoms with E-state index in [4.69, 9.17) is 5.11 Å². The monoisotopic (exact) mass is 354 g/mol. The molecule has 0 aliphatic heterocycles.